The lowest BCUT2D eigenvalue weighted by Gasteiger charge is -2.20. The second-order valence-electron chi connectivity index (χ2n) is 9.36. The molecule has 0 fully saturated rings. The van der Waals surface area contributed by atoms with Gasteiger partial charge in [-0.05, 0) is 30.0 Å². The summed E-state index contributed by atoms with van der Waals surface area (Å²) in [6.45, 7) is 9.38. The van der Waals surface area contributed by atoms with E-state index in [4.69, 9.17) is 14.7 Å². The zero-order valence-corrected chi connectivity index (χ0v) is 19.6. The van der Waals surface area contributed by atoms with Crippen molar-refractivity contribution in [3.63, 3.8) is 0 Å². The minimum absolute atomic E-state index is 0.136. The van der Waals surface area contributed by atoms with Crippen molar-refractivity contribution in [2.45, 2.75) is 34.1 Å². The average Bonchev–Trinajstić information content (AvgIpc) is 3.18. The molecular weight excluding hydrogens is 400 g/mol. The number of aromatic nitrogens is 5. The first kappa shape index (κ1) is 21.7. The first-order valence-corrected chi connectivity index (χ1v) is 10.7. The van der Waals surface area contributed by atoms with Crippen molar-refractivity contribution in [2.24, 2.45) is 12.5 Å². The third-order valence-corrected chi connectivity index (χ3v) is 5.20. The lowest BCUT2D eigenvalue weighted by atomic mass is 9.97. The average molecular weight is 431 g/mol. The molecule has 0 atom stereocenters. The quantitative estimate of drug-likeness (QED) is 0.474. The van der Waals surface area contributed by atoms with Crippen molar-refractivity contribution >= 4 is 16.7 Å². The van der Waals surface area contributed by atoms with Gasteiger partial charge in [0.05, 0.1) is 13.3 Å². The Hall–Kier alpha value is -3.48. The first-order valence-electron chi connectivity index (χ1n) is 10.7. The van der Waals surface area contributed by atoms with Crippen molar-refractivity contribution in [3.05, 3.63) is 59.9 Å². The van der Waals surface area contributed by atoms with E-state index in [2.05, 4.69) is 48.3 Å². The Morgan fingerprint density at radius 1 is 1.06 bits per heavy atom. The summed E-state index contributed by atoms with van der Waals surface area (Å²) in [5, 5.41) is 8.71. The van der Waals surface area contributed by atoms with E-state index in [1.54, 1.807) is 11.8 Å². The van der Waals surface area contributed by atoms with Crippen LogP contribution in [-0.4, -0.2) is 38.4 Å². The van der Waals surface area contributed by atoms with Crippen molar-refractivity contribution in [1.82, 2.24) is 24.7 Å². The van der Waals surface area contributed by atoms with Gasteiger partial charge in [0, 0.05) is 54.6 Å². The van der Waals surface area contributed by atoms with Gasteiger partial charge < -0.3 is 10.1 Å². The molecule has 0 radical (unpaired) electrons. The molecule has 4 aromatic rings. The van der Waals surface area contributed by atoms with Crippen LogP contribution in [0.3, 0.4) is 0 Å². The summed E-state index contributed by atoms with van der Waals surface area (Å²) in [5.41, 5.74) is 5.07. The monoisotopic (exact) mass is 430 g/mol. The molecule has 0 unspecified atom stereocenters. The second-order valence-corrected chi connectivity index (χ2v) is 9.36. The summed E-state index contributed by atoms with van der Waals surface area (Å²) in [6.07, 6.45) is 6.29. The number of hydrogen-bond donors (Lipinski definition) is 1. The number of methoxy groups -OCH3 is 1. The lowest BCUT2D eigenvalue weighted by Crippen LogP contribution is -2.20. The van der Waals surface area contributed by atoms with Crippen LogP contribution in [0.1, 0.15) is 37.9 Å². The first-order chi connectivity index (χ1) is 15.2. The highest BCUT2D eigenvalue weighted by Gasteiger charge is 2.15. The molecule has 0 aliphatic heterocycles. The number of benzene rings is 1. The zero-order chi connectivity index (χ0) is 22.9. The largest absolute Gasteiger partial charge is 0.496 e. The molecule has 3 heterocycles. The number of hydrogen-bond acceptors (Lipinski definition) is 6. The van der Waals surface area contributed by atoms with E-state index < -0.39 is 0 Å². The Morgan fingerprint density at radius 2 is 1.88 bits per heavy atom. The number of fused-ring (bicyclic) bond motifs is 1. The van der Waals surface area contributed by atoms with Gasteiger partial charge in [-0.2, -0.15) is 5.10 Å². The predicted octanol–water partition coefficient (Wildman–Crippen LogP) is 4.79. The Labute approximate surface area is 188 Å². The Bertz CT molecular complexity index is 1260. The van der Waals surface area contributed by atoms with Gasteiger partial charge >= 0.3 is 0 Å². The van der Waals surface area contributed by atoms with E-state index >= 15 is 0 Å². The van der Waals surface area contributed by atoms with Crippen LogP contribution in [0, 0.1) is 12.3 Å². The molecule has 32 heavy (non-hydrogen) atoms. The van der Waals surface area contributed by atoms with E-state index in [9.17, 15) is 0 Å². The van der Waals surface area contributed by atoms with Crippen LogP contribution in [0.25, 0.3) is 22.0 Å². The molecule has 4 rings (SSSR count). The smallest absolute Gasteiger partial charge is 0.152 e. The molecule has 3 aromatic heterocycles. The highest BCUT2D eigenvalue weighted by Crippen LogP contribution is 2.29. The third kappa shape index (κ3) is 4.88. The molecule has 0 spiro atoms. The van der Waals surface area contributed by atoms with Crippen molar-refractivity contribution in [3.8, 4) is 16.9 Å². The Balaban J connectivity index is 1.66. The molecule has 1 aromatic carbocycles. The normalized spacial score (nSPS) is 11.7. The maximum absolute atomic E-state index is 5.68. The lowest BCUT2D eigenvalue weighted by molar-refractivity contribution is 0.410. The maximum Gasteiger partial charge on any atom is 0.152 e. The summed E-state index contributed by atoms with van der Waals surface area (Å²) < 4.78 is 7.47. The van der Waals surface area contributed by atoms with Gasteiger partial charge in [0.2, 0.25) is 0 Å². The van der Waals surface area contributed by atoms with Gasteiger partial charge in [-0.3, -0.25) is 4.68 Å². The summed E-state index contributed by atoms with van der Waals surface area (Å²) in [4.78, 5) is 14.2. The maximum atomic E-state index is 5.68. The fourth-order valence-corrected chi connectivity index (χ4v) is 3.58. The van der Waals surface area contributed by atoms with Crippen molar-refractivity contribution in [1.29, 1.82) is 0 Å². The van der Waals surface area contributed by atoms with Gasteiger partial charge in [0.1, 0.15) is 17.1 Å². The van der Waals surface area contributed by atoms with Crippen LogP contribution in [0.15, 0.2) is 42.9 Å². The molecule has 0 aliphatic rings. The number of anilines is 1. The molecule has 7 nitrogen and oxygen atoms in total. The summed E-state index contributed by atoms with van der Waals surface area (Å²) in [5.74, 6) is 2.34. The van der Waals surface area contributed by atoms with Gasteiger partial charge in [-0.15, -0.1) is 0 Å². The summed E-state index contributed by atoms with van der Waals surface area (Å²) in [7, 11) is 3.60. The molecule has 1 N–H and O–H groups in total. The van der Waals surface area contributed by atoms with Gasteiger partial charge in [-0.1, -0.05) is 32.9 Å². The van der Waals surface area contributed by atoms with E-state index in [-0.39, 0.29) is 5.41 Å². The standard InChI is InChI=1S/C25H30N6O/c1-16-9-19-12-26-22(30-23(19)24(29-16)27-15-25(2,3)4)11-18-8-7-17(10-21(18)32-6)20-13-28-31(5)14-20/h7-10,12-14H,11,15H2,1-6H3,(H,27,29). The SMILES string of the molecule is COc1cc(-c2cnn(C)c2)ccc1Cc1ncc2cc(C)nc(NCC(C)(C)C)c2n1. The number of aryl methyl sites for hydroxylation is 2. The van der Waals surface area contributed by atoms with Crippen LogP contribution >= 0.6 is 0 Å². The molecule has 0 saturated carbocycles. The topological polar surface area (TPSA) is 77.8 Å². The van der Waals surface area contributed by atoms with E-state index in [0.717, 1.165) is 57.2 Å². The molecule has 166 valence electrons. The van der Waals surface area contributed by atoms with Crippen molar-refractivity contribution in [2.75, 3.05) is 19.0 Å². The molecular formula is C25H30N6O. The molecule has 7 heteroatoms. The minimum Gasteiger partial charge on any atom is -0.496 e. The van der Waals surface area contributed by atoms with Crippen LogP contribution in [0.5, 0.6) is 5.75 Å². The van der Waals surface area contributed by atoms with Crippen molar-refractivity contribution < 1.29 is 4.74 Å². The molecule has 0 bridgehead atoms. The summed E-state index contributed by atoms with van der Waals surface area (Å²) in [6, 6.07) is 8.21. The number of ether oxygens (including phenoxy) is 1. The van der Waals surface area contributed by atoms with E-state index in [1.807, 2.05) is 44.7 Å². The zero-order valence-electron chi connectivity index (χ0n) is 19.6. The van der Waals surface area contributed by atoms with Gasteiger partial charge in [0.15, 0.2) is 5.82 Å². The van der Waals surface area contributed by atoms with E-state index in [0.29, 0.717) is 6.42 Å². The number of pyridine rings is 1. The summed E-state index contributed by atoms with van der Waals surface area (Å²) >= 11 is 0. The number of rotatable bonds is 6. The minimum atomic E-state index is 0.136. The number of nitrogens with zero attached hydrogens (tertiary/aromatic N) is 5. The molecule has 0 aliphatic carbocycles. The third-order valence-electron chi connectivity index (χ3n) is 5.20. The highest BCUT2D eigenvalue weighted by molar-refractivity contribution is 5.88. The Kier molecular flexibility index (Phi) is 5.82. The molecule has 0 saturated heterocycles. The fraction of sp³-hybridized carbons (Fsp3) is 0.360. The second kappa shape index (κ2) is 8.57. The predicted molar refractivity (Wildman–Crippen MR) is 128 cm³/mol. The highest BCUT2D eigenvalue weighted by atomic mass is 16.5. The Morgan fingerprint density at radius 3 is 2.56 bits per heavy atom. The number of nitrogens with one attached hydrogen (secondary N) is 1. The van der Waals surface area contributed by atoms with Crippen LogP contribution in [-0.2, 0) is 13.5 Å². The fourth-order valence-electron chi connectivity index (χ4n) is 3.58. The van der Waals surface area contributed by atoms with Crippen LogP contribution in [0.4, 0.5) is 5.82 Å². The van der Waals surface area contributed by atoms with E-state index in [1.165, 1.54) is 0 Å². The van der Waals surface area contributed by atoms with Gasteiger partial charge in [0.25, 0.3) is 0 Å². The van der Waals surface area contributed by atoms with Crippen LogP contribution < -0.4 is 10.1 Å². The molecule has 0 amide bonds. The van der Waals surface area contributed by atoms with Crippen LogP contribution in [0.2, 0.25) is 0 Å². The van der Waals surface area contributed by atoms with Gasteiger partial charge in [-0.25, -0.2) is 15.0 Å².